The molecule has 0 aliphatic carbocycles. The average Bonchev–Trinajstić information content (AvgIpc) is 2.54. The van der Waals surface area contributed by atoms with Crippen LogP contribution in [0.4, 0.5) is 0 Å². The Morgan fingerprint density at radius 1 is 1.62 bits per heavy atom. The summed E-state index contributed by atoms with van der Waals surface area (Å²) in [7, 11) is 2.06. The van der Waals surface area contributed by atoms with Crippen molar-refractivity contribution in [3.63, 3.8) is 0 Å². The highest BCUT2D eigenvalue weighted by Crippen LogP contribution is 2.26. The van der Waals surface area contributed by atoms with E-state index in [0.717, 1.165) is 38.8 Å². The minimum absolute atomic E-state index is 0.218. The molecule has 76 valence electrons. The number of ether oxygens (including phenoxy) is 1. The molecule has 0 aromatic carbocycles. The predicted octanol–water partition coefficient (Wildman–Crippen LogP) is 0.934. The van der Waals surface area contributed by atoms with Gasteiger partial charge in [-0.2, -0.15) is 0 Å². The highest BCUT2D eigenvalue weighted by Gasteiger charge is 2.35. The fourth-order valence-electron chi connectivity index (χ4n) is 1.88. The van der Waals surface area contributed by atoms with Crippen LogP contribution in [0.3, 0.4) is 0 Å². The van der Waals surface area contributed by atoms with E-state index in [2.05, 4.69) is 18.9 Å². The van der Waals surface area contributed by atoms with E-state index in [1.165, 1.54) is 0 Å². The van der Waals surface area contributed by atoms with Crippen LogP contribution in [0.2, 0.25) is 0 Å². The van der Waals surface area contributed by atoms with Crippen molar-refractivity contribution in [3.05, 3.63) is 0 Å². The van der Waals surface area contributed by atoms with Crippen LogP contribution in [0, 0.1) is 5.41 Å². The first kappa shape index (κ1) is 10.7. The van der Waals surface area contributed by atoms with Crippen molar-refractivity contribution in [2.75, 3.05) is 33.4 Å². The molecule has 1 saturated heterocycles. The lowest BCUT2D eigenvalue weighted by Crippen LogP contribution is -2.37. The second-order valence-electron chi connectivity index (χ2n) is 4.02. The standard InChI is InChI=1S/C10H19NO2/c1-3-5-11(2)7-10(8-12)4-6-13-9-10/h8H,3-7,9H2,1-2H3. The first-order valence-electron chi connectivity index (χ1n) is 4.95. The molecular formula is C10H19NO2. The average molecular weight is 185 g/mol. The minimum atomic E-state index is -0.218. The first-order chi connectivity index (χ1) is 6.22. The highest BCUT2D eigenvalue weighted by molar-refractivity contribution is 5.60. The third-order valence-electron chi connectivity index (χ3n) is 2.57. The summed E-state index contributed by atoms with van der Waals surface area (Å²) in [4.78, 5) is 13.2. The van der Waals surface area contributed by atoms with Gasteiger partial charge in [-0.3, -0.25) is 0 Å². The summed E-state index contributed by atoms with van der Waals surface area (Å²) in [5.41, 5.74) is -0.218. The summed E-state index contributed by atoms with van der Waals surface area (Å²) in [6.07, 6.45) is 3.09. The third-order valence-corrected chi connectivity index (χ3v) is 2.57. The Balaban J connectivity index is 2.43. The maximum Gasteiger partial charge on any atom is 0.129 e. The topological polar surface area (TPSA) is 29.5 Å². The van der Waals surface area contributed by atoms with Gasteiger partial charge in [0.05, 0.1) is 12.0 Å². The van der Waals surface area contributed by atoms with Crippen LogP contribution >= 0.6 is 0 Å². The third kappa shape index (κ3) is 2.78. The van der Waals surface area contributed by atoms with Crippen molar-refractivity contribution >= 4 is 6.29 Å². The molecular weight excluding hydrogens is 166 g/mol. The lowest BCUT2D eigenvalue weighted by Gasteiger charge is -2.26. The molecule has 0 amide bonds. The Morgan fingerprint density at radius 2 is 2.38 bits per heavy atom. The molecule has 1 atom stereocenters. The van der Waals surface area contributed by atoms with Gasteiger partial charge in [-0.15, -0.1) is 0 Å². The smallest absolute Gasteiger partial charge is 0.129 e. The maximum atomic E-state index is 11.0. The van der Waals surface area contributed by atoms with Gasteiger partial charge in [0.1, 0.15) is 6.29 Å². The lowest BCUT2D eigenvalue weighted by atomic mass is 9.89. The van der Waals surface area contributed by atoms with Gasteiger partial charge < -0.3 is 14.4 Å². The van der Waals surface area contributed by atoms with Gasteiger partial charge in [-0.25, -0.2) is 0 Å². The fourth-order valence-corrected chi connectivity index (χ4v) is 1.88. The number of nitrogens with zero attached hydrogens (tertiary/aromatic N) is 1. The van der Waals surface area contributed by atoms with Gasteiger partial charge in [0.15, 0.2) is 0 Å². The molecule has 3 heteroatoms. The zero-order chi connectivity index (χ0) is 9.73. The Morgan fingerprint density at radius 3 is 2.85 bits per heavy atom. The van der Waals surface area contributed by atoms with Crippen LogP contribution in [0.15, 0.2) is 0 Å². The number of hydrogen-bond acceptors (Lipinski definition) is 3. The normalized spacial score (nSPS) is 28.2. The van der Waals surface area contributed by atoms with Crippen LogP contribution < -0.4 is 0 Å². The van der Waals surface area contributed by atoms with Gasteiger partial charge >= 0.3 is 0 Å². The zero-order valence-corrected chi connectivity index (χ0v) is 8.58. The number of aldehydes is 1. The number of carbonyl (C=O) groups excluding carboxylic acids is 1. The quantitative estimate of drug-likeness (QED) is 0.597. The Labute approximate surface area is 80.1 Å². The number of hydrogen-bond donors (Lipinski definition) is 0. The van der Waals surface area contributed by atoms with E-state index in [4.69, 9.17) is 4.74 Å². The second-order valence-corrected chi connectivity index (χ2v) is 4.02. The molecule has 13 heavy (non-hydrogen) atoms. The lowest BCUT2D eigenvalue weighted by molar-refractivity contribution is -0.117. The number of carbonyl (C=O) groups is 1. The van der Waals surface area contributed by atoms with Crippen LogP contribution in [0.25, 0.3) is 0 Å². The van der Waals surface area contributed by atoms with Crippen molar-refractivity contribution < 1.29 is 9.53 Å². The van der Waals surface area contributed by atoms with Gasteiger partial charge in [0, 0.05) is 13.2 Å². The molecule has 0 N–H and O–H groups in total. The second kappa shape index (κ2) is 4.72. The molecule has 0 aromatic heterocycles. The molecule has 1 aliphatic heterocycles. The van der Waals surface area contributed by atoms with E-state index in [-0.39, 0.29) is 5.41 Å². The molecule has 1 aliphatic rings. The van der Waals surface area contributed by atoms with Crippen LogP contribution in [-0.4, -0.2) is 44.5 Å². The summed E-state index contributed by atoms with van der Waals surface area (Å²) in [6, 6.07) is 0. The molecule has 0 saturated carbocycles. The van der Waals surface area contributed by atoms with Crippen molar-refractivity contribution in [1.29, 1.82) is 0 Å². The molecule has 0 radical (unpaired) electrons. The van der Waals surface area contributed by atoms with E-state index >= 15 is 0 Å². The molecule has 1 fully saturated rings. The Bertz CT molecular complexity index is 164. The van der Waals surface area contributed by atoms with Gasteiger partial charge in [0.25, 0.3) is 0 Å². The molecule has 1 unspecified atom stereocenters. The summed E-state index contributed by atoms with van der Waals surface area (Å²) >= 11 is 0. The van der Waals surface area contributed by atoms with Crippen LogP contribution in [0.1, 0.15) is 19.8 Å². The molecule has 1 heterocycles. The minimum Gasteiger partial charge on any atom is -0.380 e. The van der Waals surface area contributed by atoms with E-state index in [0.29, 0.717) is 6.61 Å². The van der Waals surface area contributed by atoms with Gasteiger partial charge in [-0.1, -0.05) is 6.92 Å². The SMILES string of the molecule is CCCN(C)CC1(C=O)CCOC1. The largest absolute Gasteiger partial charge is 0.380 e. The highest BCUT2D eigenvalue weighted by atomic mass is 16.5. The van der Waals surface area contributed by atoms with E-state index in [1.807, 2.05) is 0 Å². The monoisotopic (exact) mass is 185 g/mol. The van der Waals surface area contributed by atoms with Gasteiger partial charge in [-0.05, 0) is 26.4 Å². The molecule has 0 aromatic rings. The molecule has 0 spiro atoms. The summed E-state index contributed by atoms with van der Waals surface area (Å²) in [6.45, 7) is 5.37. The Hall–Kier alpha value is -0.410. The Kier molecular flexibility index (Phi) is 3.88. The molecule has 1 rings (SSSR count). The molecule has 3 nitrogen and oxygen atoms in total. The molecule has 0 bridgehead atoms. The zero-order valence-electron chi connectivity index (χ0n) is 8.58. The van der Waals surface area contributed by atoms with Gasteiger partial charge in [0.2, 0.25) is 0 Å². The van der Waals surface area contributed by atoms with Crippen LogP contribution in [-0.2, 0) is 9.53 Å². The maximum absolute atomic E-state index is 11.0. The summed E-state index contributed by atoms with van der Waals surface area (Å²) < 4.78 is 5.27. The van der Waals surface area contributed by atoms with E-state index < -0.39 is 0 Å². The summed E-state index contributed by atoms with van der Waals surface area (Å²) in [5.74, 6) is 0. The van der Waals surface area contributed by atoms with Crippen LogP contribution in [0.5, 0.6) is 0 Å². The number of rotatable bonds is 5. The van der Waals surface area contributed by atoms with Crippen molar-refractivity contribution in [1.82, 2.24) is 4.90 Å². The van der Waals surface area contributed by atoms with Crippen molar-refractivity contribution in [2.45, 2.75) is 19.8 Å². The van der Waals surface area contributed by atoms with Crippen molar-refractivity contribution in [3.8, 4) is 0 Å². The predicted molar refractivity (Wildman–Crippen MR) is 51.7 cm³/mol. The van der Waals surface area contributed by atoms with Crippen molar-refractivity contribution in [2.24, 2.45) is 5.41 Å². The first-order valence-corrected chi connectivity index (χ1v) is 4.95. The fraction of sp³-hybridized carbons (Fsp3) is 0.900. The summed E-state index contributed by atoms with van der Waals surface area (Å²) in [5, 5.41) is 0. The van der Waals surface area contributed by atoms with E-state index in [9.17, 15) is 4.79 Å². The van der Waals surface area contributed by atoms with E-state index in [1.54, 1.807) is 0 Å².